The lowest BCUT2D eigenvalue weighted by Gasteiger charge is -2.12. The molecular formula is C23H21NO3S. The Morgan fingerprint density at radius 3 is 2.79 bits per heavy atom. The maximum Gasteiger partial charge on any atom is 0.254 e. The normalized spacial score (nSPS) is 10.9. The molecule has 142 valence electrons. The van der Waals surface area contributed by atoms with Crippen molar-refractivity contribution in [3.8, 4) is 17.1 Å². The van der Waals surface area contributed by atoms with Crippen molar-refractivity contribution in [3.05, 3.63) is 98.8 Å². The number of rotatable bonds is 7. The maximum absolute atomic E-state index is 12.5. The van der Waals surface area contributed by atoms with Gasteiger partial charge >= 0.3 is 0 Å². The zero-order chi connectivity index (χ0) is 19.3. The molecule has 0 atom stereocenters. The highest BCUT2D eigenvalue weighted by Gasteiger charge is 2.09. The smallest absolute Gasteiger partial charge is 0.254 e. The molecule has 28 heavy (non-hydrogen) atoms. The average molecular weight is 391 g/mol. The minimum atomic E-state index is -0.0728. The summed E-state index contributed by atoms with van der Waals surface area (Å²) in [6.45, 7) is 3.13. The Morgan fingerprint density at radius 1 is 1.11 bits per heavy atom. The van der Waals surface area contributed by atoms with E-state index in [0.717, 1.165) is 28.9 Å². The Kier molecular flexibility index (Phi) is 5.44. The van der Waals surface area contributed by atoms with Gasteiger partial charge < -0.3 is 13.7 Å². The van der Waals surface area contributed by atoms with Crippen LogP contribution in [0.2, 0.25) is 0 Å². The van der Waals surface area contributed by atoms with Gasteiger partial charge in [0.2, 0.25) is 0 Å². The fraction of sp³-hybridized carbons (Fsp3) is 0.174. The van der Waals surface area contributed by atoms with E-state index in [1.807, 2.05) is 42.5 Å². The number of pyridine rings is 1. The molecule has 1 aromatic carbocycles. The molecular weight excluding hydrogens is 370 g/mol. The van der Waals surface area contributed by atoms with E-state index in [1.54, 1.807) is 34.4 Å². The monoisotopic (exact) mass is 391 g/mol. The highest BCUT2D eigenvalue weighted by atomic mass is 32.1. The van der Waals surface area contributed by atoms with Gasteiger partial charge in [-0.3, -0.25) is 4.79 Å². The average Bonchev–Trinajstić information content (AvgIpc) is 3.39. The van der Waals surface area contributed by atoms with Crippen LogP contribution in [0.3, 0.4) is 0 Å². The molecule has 0 aliphatic heterocycles. The van der Waals surface area contributed by atoms with Crippen molar-refractivity contribution in [3.63, 3.8) is 0 Å². The van der Waals surface area contributed by atoms with E-state index >= 15 is 0 Å². The number of ether oxygens (including phenoxy) is 1. The zero-order valence-corrected chi connectivity index (χ0v) is 16.4. The SMILES string of the molecule is Cc1c(Cn2ccc(OCCc3cccs3)cc2=O)cccc1-c1ccco1. The van der Waals surface area contributed by atoms with Crippen molar-refractivity contribution < 1.29 is 9.15 Å². The first-order chi connectivity index (χ1) is 13.7. The van der Waals surface area contributed by atoms with Crippen LogP contribution in [0.4, 0.5) is 0 Å². The molecule has 0 spiro atoms. The van der Waals surface area contributed by atoms with Gasteiger partial charge in [0.25, 0.3) is 5.56 Å². The van der Waals surface area contributed by atoms with Gasteiger partial charge in [-0.1, -0.05) is 24.3 Å². The minimum absolute atomic E-state index is 0.0728. The lowest BCUT2D eigenvalue weighted by molar-refractivity contribution is 0.321. The predicted molar refractivity (Wildman–Crippen MR) is 112 cm³/mol. The number of hydrogen-bond acceptors (Lipinski definition) is 4. The fourth-order valence-corrected chi connectivity index (χ4v) is 3.86. The van der Waals surface area contributed by atoms with Crippen molar-refractivity contribution in [2.24, 2.45) is 0 Å². The lowest BCUT2D eigenvalue weighted by Crippen LogP contribution is -2.20. The van der Waals surface area contributed by atoms with Gasteiger partial charge in [-0.25, -0.2) is 0 Å². The lowest BCUT2D eigenvalue weighted by atomic mass is 10.0. The van der Waals surface area contributed by atoms with E-state index in [9.17, 15) is 4.79 Å². The van der Waals surface area contributed by atoms with Crippen LogP contribution in [-0.2, 0) is 13.0 Å². The van der Waals surface area contributed by atoms with Crippen LogP contribution in [0.25, 0.3) is 11.3 Å². The first-order valence-electron chi connectivity index (χ1n) is 9.19. The summed E-state index contributed by atoms with van der Waals surface area (Å²) >= 11 is 1.71. The molecule has 0 unspecified atom stereocenters. The predicted octanol–water partition coefficient (Wildman–Crippen LogP) is 5.15. The largest absolute Gasteiger partial charge is 0.493 e. The van der Waals surface area contributed by atoms with Crippen molar-refractivity contribution in [1.82, 2.24) is 4.57 Å². The number of furan rings is 1. The van der Waals surface area contributed by atoms with Crippen LogP contribution >= 0.6 is 11.3 Å². The van der Waals surface area contributed by atoms with Crippen LogP contribution < -0.4 is 10.3 Å². The quantitative estimate of drug-likeness (QED) is 0.438. The minimum Gasteiger partial charge on any atom is -0.493 e. The van der Waals surface area contributed by atoms with Crippen molar-refractivity contribution in [2.75, 3.05) is 6.61 Å². The number of hydrogen-bond donors (Lipinski definition) is 0. The van der Waals surface area contributed by atoms with Gasteiger partial charge in [-0.05, 0) is 47.7 Å². The van der Waals surface area contributed by atoms with Gasteiger partial charge in [0.15, 0.2) is 0 Å². The molecule has 0 aliphatic carbocycles. The summed E-state index contributed by atoms with van der Waals surface area (Å²) in [6, 6.07) is 17.4. The molecule has 0 fully saturated rings. The molecule has 0 N–H and O–H groups in total. The summed E-state index contributed by atoms with van der Waals surface area (Å²) in [5.41, 5.74) is 3.17. The van der Waals surface area contributed by atoms with Gasteiger partial charge in [-0.2, -0.15) is 0 Å². The summed E-state index contributed by atoms with van der Waals surface area (Å²) in [4.78, 5) is 13.8. The summed E-state index contributed by atoms with van der Waals surface area (Å²) < 4.78 is 13.0. The van der Waals surface area contributed by atoms with Crippen LogP contribution in [-0.4, -0.2) is 11.2 Å². The van der Waals surface area contributed by atoms with Crippen molar-refractivity contribution >= 4 is 11.3 Å². The highest BCUT2D eigenvalue weighted by Crippen LogP contribution is 2.26. The molecule has 0 amide bonds. The third-order valence-electron chi connectivity index (χ3n) is 4.74. The molecule has 5 heteroatoms. The van der Waals surface area contributed by atoms with E-state index in [-0.39, 0.29) is 5.56 Å². The maximum atomic E-state index is 12.5. The third-order valence-corrected chi connectivity index (χ3v) is 5.67. The second-order valence-corrected chi connectivity index (χ2v) is 7.61. The van der Waals surface area contributed by atoms with E-state index in [2.05, 4.69) is 18.4 Å². The first-order valence-corrected chi connectivity index (χ1v) is 10.1. The number of aromatic nitrogens is 1. The molecule has 3 heterocycles. The van der Waals surface area contributed by atoms with Gasteiger partial charge in [0.1, 0.15) is 11.5 Å². The summed E-state index contributed by atoms with van der Waals surface area (Å²) in [7, 11) is 0. The first kappa shape index (κ1) is 18.3. The number of thiophene rings is 1. The van der Waals surface area contributed by atoms with Crippen molar-refractivity contribution in [1.29, 1.82) is 0 Å². The van der Waals surface area contributed by atoms with E-state index < -0.39 is 0 Å². The Bertz CT molecular complexity index is 1100. The Balaban J connectivity index is 1.47. The molecule has 0 aliphatic rings. The summed E-state index contributed by atoms with van der Waals surface area (Å²) in [5, 5.41) is 2.05. The summed E-state index contributed by atoms with van der Waals surface area (Å²) in [6.07, 6.45) is 4.31. The number of benzene rings is 1. The third kappa shape index (κ3) is 4.10. The Hall–Kier alpha value is -3.05. The molecule has 4 aromatic rings. The Morgan fingerprint density at radius 2 is 2.04 bits per heavy atom. The molecule has 0 bridgehead atoms. The van der Waals surface area contributed by atoms with Crippen LogP contribution in [0.1, 0.15) is 16.0 Å². The molecule has 0 saturated carbocycles. The molecule has 3 aromatic heterocycles. The zero-order valence-electron chi connectivity index (χ0n) is 15.6. The second kappa shape index (κ2) is 8.31. The highest BCUT2D eigenvalue weighted by molar-refractivity contribution is 7.09. The topological polar surface area (TPSA) is 44.4 Å². The second-order valence-electron chi connectivity index (χ2n) is 6.57. The molecule has 0 saturated heterocycles. The fourth-order valence-electron chi connectivity index (χ4n) is 3.17. The molecule has 4 rings (SSSR count). The van der Waals surface area contributed by atoms with Gasteiger partial charge in [0, 0.05) is 29.1 Å². The van der Waals surface area contributed by atoms with Crippen LogP contribution in [0.5, 0.6) is 5.75 Å². The van der Waals surface area contributed by atoms with Crippen molar-refractivity contribution in [2.45, 2.75) is 19.9 Å². The van der Waals surface area contributed by atoms with Gasteiger partial charge in [-0.15, -0.1) is 11.3 Å². The standard InChI is InChI=1S/C23H21NO3S/c1-17-18(5-2-7-21(17)22-8-3-12-27-22)16-24-11-9-19(15-23(24)25)26-13-10-20-6-4-14-28-20/h2-9,11-12,14-15H,10,13,16H2,1H3. The van der Waals surface area contributed by atoms with E-state index in [0.29, 0.717) is 18.9 Å². The van der Waals surface area contributed by atoms with Crippen LogP contribution in [0.15, 0.2) is 81.6 Å². The van der Waals surface area contributed by atoms with Gasteiger partial charge in [0.05, 0.1) is 19.4 Å². The van der Waals surface area contributed by atoms with Crippen LogP contribution in [0, 0.1) is 6.92 Å². The molecule has 0 radical (unpaired) electrons. The number of nitrogens with zero attached hydrogens (tertiary/aromatic N) is 1. The summed E-state index contributed by atoms with van der Waals surface area (Å²) in [5.74, 6) is 1.44. The van der Waals surface area contributed by atoms with E-state index in [4.69, 9.17) is 9.15 Å². The van der Waals surface area contributed by atoms with E-state index in [1.165, 1.54) is 4.88 Å². The molecule has 4 nitrogen and oxygen atoms in total. The Labute approximate surface area is 167 Å².